The SMILES string of the molecule is Cc1ccc(-c2csc(NC(=O)CN3CCN(c4cc(=O)n(-c5ccccc5)c5ccccc45)CC3)n2)cc1. The number of benzene rings is 3. The zero-order valence-electron chi connectivity index (χ0n) is 21.7. The summed E-state index contributed by atoms with van der Waals surface area (Å²) in [6.45, 7) is 5.30. The normalized spacial score (nSPS) is 14.0. The molecule has 0 aliphatic carbocycles. The van der Waals surface area contributed by atoms with Gasteiger partial charge in [0.2, 0.25) is 5.91 Å². The van der Waals surface area contributed by atoms with Gasteiger partial charge in [0.25, 0.3) is 5.56 Å². The number of thiazole rings is 1. The average Bonchev–Trinajstić information content (AvgIpc) is 3.42. The van der Waals surface area contributed by atoms with Crippen LogP contribution < -0.4 is 15.8 Å². The number of aryl methyl sites for hydroxylation is 1. The number of anilines is 2. The first-order valence-corrected chi connectivity index (χ1v) is 13.9. The smallest absolute Gasteiger partial charge is 0.257 e. The van der Waals surface area contributed by atoms with Crippen LogP contribution in [0.3, 0.4) is 0 Å². The Hall–Kier alpha value is -4.27. The topological polar surface area (TPSA) is 70.5 Å². The predicted octanol–water partition coefficient (Wildman–Crippen LogP) is 5.18. The van der Waals surface area contributed by atoms with Gasteiger partial charge in [0.05, 0.1) is 23.4 Å². The van der Waals surface area contributed by atoms with Gasteiger partial charge in [0.15, 0.2) is 5.13 Å². The maximum Gasteiger partial charge on any atom is 0.257 e. The lowest BCUT2D eigenvalue weighted by Gasteiger charge is -2.36. The molecule has 1 aliphatic heterocycles. The number of nitrogens with zero attached hydrogens (tertiary/aromatic N) is 4. The molecule has 6 rings (SSSR count). The van der Waals surface area contributed by atoms with Gasteiger partial charge in [-0.3, -0.25) is 19.1 Å². The summed E-state index contributed by atoms with van der Waals surface area (Å²) in [7, 11) is 0. The Labute approximate surface area is 231 Å². The van der Waals surface area contributed by atoms with Crippen LogP contribution in [0.25, 0.3) is 27.8 Å². The third-order valence-corrected chi connectivity index (χ3v) is 7.85. The molecule has 3 heterocycles. The summed E-state index contributed by atoms with van der Waals surface area (Å²) in [5.74, 6) is -0.0656. The molecule has 2 aromatic heterocycles. The molecule has 1 amide bonds. The lowest BCUT2D eigenvalue weighted by atomic mass is 10.1. The highest BCUT2D eigenvalue weighted by atomic mass is 32.1. The summed E-state index contributed by atoms with van der Waals surface area (Å²) in [6, 6.07) is 27.7. The molecule has 8 heteroatoms. The molecule has 39 heavy (non-hydrogen) atoms. The Kier molecular flexibility index (Phi) is 6.96. The number of carbonyl (C=O) groups is 1. The van der Waals surface area contributed by atoms with Crippen LogP contribution in [0.1, 0.15) is 5.56 Å². The van der Waals surface area contributed by atoms with Crippen molar-refractivity contribution >= 4 is 39.0 Å². The quantitative estimate of drug-likeness (QED) is 0.324. The molecule has 7 nitrogen and oxygen atoms in total. The van der Waals surface area contributed by atoms with E-state index in [0.29, 0.717) is 11.7 Å². The highest BCUT2D eigenvalue weighted by molar-refractivity contribution is 7.14. The zero-order chi connectivity index (χ0) is 26.8. The Bertz CT molecular complexity index is 1670. The predicted molar refractivity (Wildman–Crippen MR) is 159 cm³/mol. The van der Waals surface area contributed by atoms with Crippen LogP contribution in [0.2, 0.25) is 0 Å². The molecule has 3 aromatic carbocycles. The first-order chi connectivity index (χ1) is 19.0. The van der Waals surface area contributed by atoms with Crippen LogP contribution in [-0.2, 0) is 4.79 Å². The molecule has 196 valence electrons. The van der Waals surface area contributed by atoms with Crippen molar-refractivity contribution in [3.8, 4) is 16.9 Å². The summed E-state index contributed by atoms with van der Waals surface area (Å²) in [6.07, 6.45) is 0. The van der Waals surface area contributed by atoms with Crippen molar-refractivity contribution in [2.75, 3.05) is 42.9 Å². The van der Waals surface area contributed by atoms with Crippen molar-refractivity contribution < 1.29 is 4.79 Å². The maximum atomic E-state index is 13.3. The number of fused-ring (bicyclic) bond motifs is 1. The van der Waals surface area contributed by atoms with E-state index in [0.717, 1.165) is 59.7 Å². The fraction of sp³-hybridized carbons (Fsp3) is 0.194. The van der Waals surface area contributed by atoms with Gasteiger partial charge in [-0.2, -0.15) is 0 Å². The van der Waals surface area contributed by atoms with Gasteiger partial charge >= 0.3 is 0 Å². The number of para-hydroxylation sites is 2. The van der Waals surface area contributed by atoms with E-state index in [1.54, 1.807) is 10.6 Å². The van der Waals surface area contributed by atoms with Crippen LogP contribution in [0.5, 0.6) is 0 Å². The molecule has 1 N–H and O–H groups in total. The van der Waals surface area contributed by atoms with E-state index >= 15 is 0 Å². The second-order valence-electron chi connectivity index (χ2n) is 9.77. The fourth-order valence-electron chi connectivity index (χ4n) is 5.07. The summed E-state index contributed by atoms with van der Waals surface area (Å²) in [4.78, 5) is 35.0. The molecule has 1 saturated heterocycles. The van der Waals surface area contributed by atoms with Crippen molar-refractivity contribution in [1.29, 1.82) is 0 Å². The summed E-state index contributed by atoms with van der Waals surface area (Å²) >= 11 is 1.44. The van der Waals surface area contributed by atoms with Gasteiger partial charge in [-0.25, -0.2) is 4.98 Å². The minimum Gasteiger partial charge on any atom is -0.368 e. The van der Waals surface area contributed by atoms with E-state index < -0.39 is 0 Å². The summed E-state index contributed by atoms with van der Waals surface area (Å²) in [5, 5.41) is 6.58. The maximum absolute atomic E-state index is 13.3. The van der Waals surface area contributed by atoms with Crippen molar-refractivity contribution in [3.63, 3.8) is 0 Å². The molecule has 0 atom stereocenters. The van der Waals surface area contributed by atoms with E-state index in [1.807, 2.05) is 66.0 Å². The second kappa shape index (κ2) is 10.8. The minimum atomic E-state index is -0.0656. The minimum absolute atomic E-state index is 0.0508. The molecular weight excluding hydrogens is 506 g/mol. The number of nitrogens with one attached hydrogen (secondary N) is 1. The number of hydrogen-bond donors (Lipinski definition) is 1. The number of pyridine rings is 1. The first-order valence-electron chi connectivity index (χ1n) is 13.0. The number of rotatable bonds is 6. The second-order valence-corrected chi connectivity index (χ2v) is 10.6. The van der Waals surface area contributed by atoms with E-state index in [2.05, 4.69) is 45.2 Å². The Morgan fingerprint density at radius 3 is 2.41 bits per heavy atom. The number of carbonyl (C=O) groups excluding carboxylic acids is 1. The highest BCUT2D eigenvalue weighted by Gasteiger charge is 2.22. The average molecular weight is 536 g/mol. The number of amides is 1. The third-order valence-electron chi connectivity index (χ3n) is 7.09. The van der Waals surface area contributed by atoms with Crippen molar-refractivity contribution in [2.45, 2.75) is 6.92 Å². The monoisotopic (exact) mass is 535 g/mol. The molecule has 5 aromatic rings. The lowest BCUT2D eigenvalue weighted by Crippen LogP contribution is -2.49. The van der Waals surface area contributed by atoms with Crippen LogP contribution in [0.4, 0.5) is 10.8 Å². The van der Waals surface area contributed by atoms with Crippen LogP contribution in [-0.4, -0.2) is 53.1 Å². The van der Waals surface area contributed by atoms with E-state index in [4.69, 9.17) is 0 Å². The molecular formula is C31H29N5O2S. The van der Waals surface area contributed by atoms with Gasteiger partial charge in [-0.1, -0.05) is 66.2 Å². The first kappa shape index (κ1) is 25.0. The van der Waals surface area contributed by atoms with Gasteiger partial charge in [-0.05, 0) is 25.1 Å². The largest absolute Gasteiger partial charge is 0.368 e. The molecule has 1 fully saturated rings. The van der Waals surface area contributed by atoms with E-state index in [1.165, 1.54) is 16.9 Å². The molecule has 0 unspecified atom stereocenters. The number of piperazine rings is 1. The van der Waals surface area contributed by atoms with Crippen molar-refractivity contribution in [3.05, 3.63) is 106 Å². The standard InChI is InChI=1S/C31H29N5O2S/c1-22-11-13-23(14-12-22)26-21-39-31(32-26)33-29(37)20-34-15-17-35(18-16-34)28-19-30(38)36(24-7-3-2-4-8-24)27-10-6-5-9-25(27)28/h2-14,19,21H,15-18,20H2,1H3,(H,32,33,37). The van der Waals surface area contributed by atoms with Crippen LogP contribution >= 0.6 is 11.3 Å². The van der Waals surface area contributed by atoms with Crippen LogP contribution in [0.15, 0.2) is 95.1 Å². The van der Waals surface area contributed by atoms with Gasteiger partial charge in [-0.15, -0.1) is 11.3 Å². The molecule has 1 aliphatic rings. The van der Waals surface area contributed by atoms with Gasteiger partial charge < -0.3 is 10.2 Å². The number of hydrogen-bond acceptors (Lipinski definition) is 6. The van der Waals surface area contributed by atoms with E-state index in [-0.39, 0.29) is 11.5 Å². The van der Waals surface area contributed by atoms with Crippen molar-refractivity contribution in [2.24, 2.45) is 0 Å². The third kappa shape index (κ3) is 5.34. The molecule has 0 radical (unpaired) electrons. The Morgan fingerprint density at radius 1 is 0.923 bits per heavy atom. The number of aromatic nitrogens is 2. The fourth-order valence-corrected chi connectivity index (χ4v) is 5.80. The molecule has 0 bridgehead atoms. The lowest BCUT2D eigenvalue weighted by molar-refractivity contribution is -0.117. The highest BCUT2D eigenvalue weighted by Crippen LogP contribution is 2.28. The Balaban J connectivity index is 1.11. The molecule has 0 spiro atoms. The summed E-state index contributed by atoms with van der Waals surface area (Å²) in [5.41, 5.74) is 5.74. The van der Waals surface area contributed by atoms with Gasteiger partial charge in [0.1, 0.15) is 0 Å². The van der Waals surface area contributed by atoms with Crippen molar-refractivity contribution in [1.82, 2.24) is 14.5 Å². The summed E-state index contributed by atoms with van der Waals surface area (Å²) < 4.78 is 1.77. The van der Waals surface area contributed by atoms with Crippen LogP contribution in [0, 0.1) is 6.92 Å². The van der Waals surface area contributed by atoms with E-state index in [9.17, 15) is 9.59 Å². The van der Waals surface area contributed by atoms with Gasteiger partial charge in [0, 0.05) is 54.3 Å². The Morgan fingerprint density at radius 2 is 1.64 bits per heavy atom. The molecule has 0 saturated carbocycles. The zero-order valence-corrected chi connectivity index (χ0v) is 22.5.